The zero-order valence-corrected chi connectivity index (χ0v) is 21.3. The number of aliphatic hydroxyl groups is 1. The molecule has 1 fully saturated rings. The number of esters is 1. The Morgan fingerprint density at radius 2 is 1.77 bits per heavy atom. The predicted octanol–water partition coefficient (Wildman–Crippen LogP) is 1.70. The van der Waals surface area contributed by atoms with Crippen LogP contribution in [-0.2, 0) is 30.3 Å². The lowest BCUT2D eigenvalue weighted by Crippen LogP contribution is -2.55. The maximum Gasteiger partial charge on any atom is 0.408 e. The van der Waals surface area contributed by atoms with Crippen molar-refractivity contribution in [1.82, 2.24) is 15.5 Å². The minimum atomic E-state index is -1.32. The smallest absolute Gasteiger partial charge is 0.408 e. The molecular weight excluding hydrogens is 454 g/mol. The van der Waals surface area contributed by atoms with Crippen LogP contribution < -0.4 is 10.6 Å². The van der Waals surface area contributed by atoms with Crippen molar-refractivity contribution in [3.63, 3.8) is 0 Å². The molecule has 0 saturated heterocycles. The number of ether oxygens (including phenoxy) is 2. The van der Waals surface area contributed by atoms with Gasteiger partial charge in [0.1, 0.15) is 24.2 Å². The number of hydrogen-bond acceptors (Lipinski definition) is 7. The van der Waals surface area contributed by atoms with Gasteiger partial charge in [0.05, 0.1) is 13.7 Å². The van der Waals surface area contributed by atoms with E-state index in [0.717, 1.165) is 12.0 Å². The number of aryl methyl sites for hydroxylation is 1. The molecule has 0 spiro atoms. The molecule has 1 aliphatic carbocycles. The molecule has 0 aromatic heterocycles. The summed E-state index contributed by atoms with van der Waals surface area (Å²) in [5.74, 6) is -1.70. The van der Waals surface area contributed by atoms with Crippen LogP contribution in [-0.4, -0.2) is 71.8 Å². The molecule has 0 bridgehead atoms. The van der Waals surface area contributed by atoms with Crippen LogP contribution in [0.15, 0.2) is 24.3 Å². The van der Waals surface area contributed by atoms with Gasteiger partial charge in [0, 0.05) is 6.04 Å². The Hall–Kier alpha value is -3.14. The first-order valence-electron chi connectivity index (χ1n) is 11.8. The summed E-state index contributed by atoms with van der Waals surface area (Å²) in [5, 5.41) is 14.9. The van der Waals surface area contributed by atoms with Crippen LogP contribution in [0.25, 0.3) is 0 Å². The molecule has 0 radical (unpaired) electrons. The summed E-state index contributed by atoms with van der Waals surface area (Å²) in [6, 6.07) is 4.60. The molecule has 2 rings (SSSR count). The second-order valence-corrected chi connectivity index (χ2v) is 9.70. The largest absolute Gasteiger partial charge is 0.468 e. The van der Waals surface area contributed by atoms with Gasteiger partial charge < -0.3 is 30.1 Å². The average Bonchev–Trinajstić information content (AvgIpc) is 3.53. The van der Waals surface area contributed by atoms with Crippen LogP contribution in [0, 0.1) is 5.92 Å². The molecule has 0 aliphatic heterocycles. The van der Waals surface area contributed by atoms with E-state index >= 15 is 0 Å². The maximum absolute atomic E-state index is 13.7. The molecule has 3 N–H and O–H groups in total. The monoisotopic (exact) mass is 491 g/mol. The van der Waals surface area contributed by atoms with E-state index in [1.54, 1.807) is 32.9 Å². The molecule has 1 aliphatic rings. The van der Waals surface area contributed by atoms with E-state index < -0.39 is 48.2 Å². The molecule has 194 valence electrons. The van der Waals surface area contributed by atoms with Crippen molar-refractivity contribution < 1.29 is 33.8 Å². The van der Waals surface area contributed by atoms with Crippen LogP contribution in [0.1, 0.15) is 58.2 Å². The fraction of sp³-hybridized carbons (Fsp3) is 0.600. The lowest BCUT2D eigenvalue weighted by molar-refractivity contribution is -0.145. The molecule has 4 atom stereocenters. The van der Waals surface area contributed by atoms with Crippen molar-refractivity contribution in [2.75, 3.05) is 20.3 Å². The lowest BCUT2D eigenvalue weighted by Gasteiger charge is -2.34. The zero-order valence-electron chi connectivity index (χ0n) is 21.3. The van der Waals surface area contributed by atoms with Crippen molar-refractivity contribution in [3.05, 3.63) is 35.4 Å². The van der Waals surface area contributed by atoms with Crippen LogP contribution in [0.3, 0.4) is 0 Å². The highest BCUT2D eigenvalue weighted by molar-refractivity contribution is 5.93. The molecule has 4 unspecified atom stereocenters. The fourth-order valence-electron chi connectivity index (χ4n) is 3.69. The highest BCUT2D eigenvalue weighted by Crippen LogP contribution is 2.40. The topological polar surface area (TPSA) is 134 Å². The lowest BCUT2D eigenvalue weighted by atomic mass is 10.00. The Morgan fingerprint density at radius 3 is 2.23 bits per heavy atom. The number of nitrogens with one attached hydrogen (secondary N) is 2. The Morgan fingerprint density at radius 1 is 1.17 bits per heavy atom. The maximum atomic E-state index is 13.7. The van der Waals surface area contributed by atoms with Crippen molar-refractivity contribution in [2.45, 2.75) is 71.2 Å². The first kappa shape index (κ1) is 28.1. The number of benzene rings is 1. The van der Waals surface area contributed by atoms with Gasteiger partial charge in [-0.1, -0.05) is 38.1 Å². The van der Waals surface area contributed by atoms with Gasteiger partial charge in [0.15, 0.2) is 0 Å². The quantitative estimate of drug-likeness (QED) is 0.424. The summed E-state index contributed by atoms with van der Waals surface area (Å²) in [7, 11) is 1.21. The number of rotatable bonds is 10. The van der Waals surface area contributed by atoms with Crippen LogP contribution in [0.2, 0.25) is 0 Å². The fourth-order valence-corrected chi connectivity index (χ4v) is 3.69. The molecule has 1 saturated carbocycles. The second-order valence-electron chi connectivity index (χ2n) is 9.70. The number of hydrogen-bond donors (Lipinski definition) is 3. The Labute approximate surface area is 206 Å². The summed E-state index contributed by atoms with van der Waals surface area (Å²) in [5.41, 5.74) is 0.806. The van der Waals surface area contributed by atoms with Gasteiger partial charge in [0.25, 0.3) is 0 Å². The van der Waals surface area contributed by atoms with Crippen molar-refractivity contribution in [2.24, 2.45) is 5.92 Å². The predicted molar refractivity (Wildman–Crippen MR) is 128 cm³/mol. The second kappa shape index (κ2) is 12.0. The number of alkyl carbamates (subject to hydrolysis) is 1. The minimum Gasteiger partial charge on any atom is -0.468 e. The molecular formula is C25H37N3O7. The van der Waals surface area contributed by atoms with Gasteiger partial charge in [-0.3, -0.25) is 14.4 Å². The molecule has 35 heavy (non-hydrogen) atoms. The summed E-state index contributed by atoms with van der Waals surface area (Å²) in [6.07, 6.45) is 0.603. The molecule has 10 nitrogen and oxygen atoms in total. The third-order valence-electron chi connectivity index (χ3n) is 5.72. The van der Waals surface area contributed by atoms with E-state index in [2.05, 4.69) is 15.4 Å². The third-order valence-corrected chi connectivity index (χ3v) is 5.72. The van der Waals surface area contributed by atoms with Gasteiger partial charge in [-0.15, -0.1) is 0 Å². The number of methoxy groups -OCH3 is 1. The summed E-state index contributed by atoms with van der Waals surface area (Å²) in [4.78, 5) is 52.4. The van der Waals surface area contributed by atoms with Crippen LogP contribution >= 0.6 is 0 Å². The molecule has 10 heteroatoms. The van der Waals surface area contributed by atoms with Crippen LogP contribution in [0.4, 0.5) is 4.79 Å². The van der Waals surface area contributed by atoms with Crippen molar-refractivity contribution in [1.29, 1.82) is 0 Å². The molecule has 1 aromatic rings. The van der Waals surface area contributed by atoms with E-state index in [9.17, 15) is 24.3 Å². The van der Waals surface area contributed by atoms with Crippen molar-refractivity contribution >= 4 is 23.9 Å². The van der Waals surface area contributed by atoms with Gasteiger partial charge in [0.2, 0.25) is 11.8 Å². The number of nitrogens with zero attached hydrogens (tertiary/aromatic N) is 1. The number of amides is 3. The first-order chi connectivity index (χ1) is 16.4. The normalized spacial score (nSPS) is 18.6. The van der Waals surface area contributed by atoms with Crippen LogP contribution in [0.5, 0.6) is 0 Å². The van der Waals surface area contributed by atoms with Crippen molar-refractivity contribution in [3.8, 4) is 0 Å². The Balaban J connectivity index is 2.41. The average molecular weight is 492 g/mol. The highest BCUT2D eigenvalue weighted by Gasteiger charge is 2.48. The Bertz CT molecular complexity index is 911. The van der Waals surface area contributed by atoms with Gasteiger partial charge in [-0.25, -0.2) is 4.79 Å². The molecule has 3 amide bonds. The Kier molecular flexibility index (Phi) is 9.64. The highest BCUT2D eigenvalue weighted by atomic mass is 16.6. The minimum absolute atomic E-state index is 0.116. The van der Waals surface area contributed by atoms with Gasteiger partial charge >= 0.3 is 12.1 Å². The first-order valence-corrected chi connectivity index (χ1v) is 11.8. The van der Waals surface area contributed by atoms with E-state index in [1.165, 1.54) is 12.0 Å². The van der Waals surface area contributed by atoms with E-state index in [1.807, 2.05) is 26.0 Å². The standard InChI is InChI=1S/C25H37N3O7/c1-7-16-8-10-17(11-9-16)21(22(31)26-13-20(30)34-6)28(19-12-15(19)2)23(32)18(14-29)27-24(33)35-25(3,4)5/h8-11,15,18-19,21,29H,7,12-14H2,1-6H3,(H,26,31)(H,27,33). The van der Waals surface area contributed by atoms with Gasteiger partial charge in [-0.05, 0) is 50.7 Å². The zero-order chi connectivity index (χ0) is 26.3. The summed E-state index contributed by atoms with van der Waals surface area (Å²) >= 11 is 0. The number of aliphatic hydroxyl groups excluding tert-OH is 1. The molecule has 0 heterocycles. The van der Waals surface area contributed by atoms with E-state index in [0.29, 0.717) is 12.0 Å². The number of carbonyl (C=O) groups is 4. The third kappa shape index (κ3) is 7.95. The molecule has 1 aromatic carbocycles. The SMILES string of the molecule is CCc1ccc(C(C(=O)NCC(=O)OC)N(C(=O)C(CO)NC(=O)OC(C)(C)C)C2CC2C)cc1. The van der Waals surface area contributed by atoms with E-state index in [-0.39, 0.29) is 18.5 Å². The summed E-state index contributed by atoms with van der Waals surface area (Å²) in [6.45, 7) is 7.96. The van der Waals surface area contributed by atoms with E-state index in [4.69, 9.17) is 4.74 Å². The summed E-state index contributed by atoms with van der Waals surface area (Å²) < 4.78 is 9.84. The number of carbonyl (C=O) groups excluding carboxylic acids is 4. The van der Waals surface area contributed by atoms with Gasteiger partial charge in [-0.2, -0.15) is 0 Å².